The number of aromatic carboxylic acids is 1. The first-order valence-electron chi connectivity index (χ1n) is 9.43. The number of carbonyl (C=O) groups excluding carboxylic acids is 1. The lowest BCUT2D eigenvalue weighted by Gasteiger charge is -2.32. The van der Waals surface area contributed by atoms with Crippen molar-refractivity contribution in [2.24, 2.45) is 5.92 Å². The highest BCUT2D eigenvalue weighted by Gasteiger charge is 2.24. The van der Waals surface area contributed by atoms with E-state index in [-0.39, 0.29) is 12.5 Å². The van der Waals surface area contributed by atoms with E-state index in [1.165, 1.54) is 0 Å². The smallest absolute Gasteiger partial charge is 0.335 e. The van der Waals surface area contributed by atoms with Crippen molar-refractivity contribution in [1.29, 1.82) is 0 Å². The lowest BCUT2D eigenvalue weighted by atomic mass is 9.88. The molecule has 0 bridgehead atoms. The average Bonchev–Trinajstić information content (AvgIpc) is 2.73. The Morgan fingerprint density at radius 1 is 1.04 bits per heavy atom. The molecule has 1 amide bonds. The van der Waals surface area contributed by atoms with Crippen molar-refractivity contribution >= 4 is 11.9 Å². The van der Waals surface area contributed by atoms with E-state index >= 15 is 0 Å². The van der Waals surface area contributed by atoms with Crippen LogP contribution in [-0.4, -0.2) is 48.7 Å². The molecule has 148 valence electrons. The summed E-state index contributed by atoms with van der Waals surface area (Å²) in [5.41, 5.74) is 1.23. The number of carboxylic acid groups (broad SMARTS) is 1. The minimum Gasteiger partial charge on any atom is -0.493 e. The zero-order valence-electron chi connectivity index (χ0n) is 16.0. The van der Waals surface area contributed by atoms with Crippen LogP contribution < -0.4 is 9.47 Å². The normalized spacial score (nSPS) is 14.5. The number of methoxy groups -OCH3 is 1. The number of likely N-dealkylation sites (tertiary alicyclic amines) is 1. The Labute approximate surface area is 164 Å². The molecule has 1 saturated heterocycles. The number of carbonyl (C=O) groups is 2. The predicted octanol–water partition coefficient (Wildman–Crippen LogP) is 3.25. The van der Waals surface area contributed by atoms with E-state index in [0.29, 0.717) is 36.1 Å². The third kappa shape index (κ3) is 4.82. The molecule has 1 aliphatic rings. The van der Waals surface area contributed by atoms with E-state index in [1.54, 1.807) is 31.4 Å². The number of para-hydroxylation sites is 2. The van der Waals surface area contributed by atoms with Crippen LogP contribution >= 0.6 is 0 Å². The molecule has 1 N–H and O–H groups in total. The zero-order valence-corrected chi connectivity index (χ0v) is 16.0. The van der Waals surface area contributed by atoms with Gasteiger partial charge in [-0.3, -0.25) is 4.79 Å². The molecule has 0 unspecified atom stereocenters. The molecule has 0 saturated carbocycles. The van der Waals surface area contributed by atoms with Gasteiger partial charge in [0.2, 0.25) is 0 Å². The molecule has 0 atom stereocenters. The average molecular weight is 383 g/mol. The van der Waals surface area contributed by atoms with E-state index in [9.17, 15) is 14.7 Å². The first-order chi connectivity index (χ1) is 13.6. The molecular formula is C22H25NO5. The molecule has 0 aliphatic carbocycles. The largest absolute Gasteiger partial charge is 0.493 e. The Bertz CT molecular complexity index is 827. The highest BCUT2D eigenvalue weighted by Crippen LogP contribution is 2.26. The summed E-state index contributed by atoms with van der Waals surface area (Å²) in [7, 11) is 1.57. The minimum absolute atomic E-state index is 0.0209. The summed E-state index contributed by atoms with van der Waals surface area (Å²) >= 11 is 0. The maximum Gasteiger partial charge on any atom is 0.335 e. The molecule has 28 heavy (non-hydrogen) atoms. The van der Waals surface area contributed by atoms with Crippen molar-refractivity contribution in [2.45, 2.75) is 19.3 Å². The molecule has 1 aliphatic heterocycles. The molecule has 6 heteroatoms. The lowest BCUT2D eigenvalue weighted by molar-refractivity contribution is -0.134. The van der Waals surface area contributed by atoms with Gasteiger partial charge in [-0.15, -0.1) is 0 Å². The van der Waals surface area contributed by atoms with Crippen LogP contribution in [0.15, 0.2) is 48.5 Å². The zero-order chi connectivity index (χ0) is 19.9. The van der Waals surface area contributed by atoms with Gasteiger partial charge in [-0.2, -0.15) is 0 Å². The first-order valence-corrected chi connectivity index (χ1v) is 9.43. The molecule has 1 heterocycles. The van der Waals surface area contributed by atoms with E-state index in [1.807, 2.05) is 29.2 Å². The molecule has 0 radical (unpaired) electrons. The Morgan fingerprint density at radius 2 is 1.68 bits per heavy atom. The van der Waals surface area contributed by atoms with Gasteiger partial charge in [-0.05, 0) is 48.9 Å². The minimum atomic E-state index is -0.892. The number of hydrogen-bond acceptors (Lipinski definition) is 4. The Kier molecular flexibility index (Phi) is 6.53. The van der Waals surface area contributed by atoms with E-state index in [4.69, 9.17) is 9.47 Å². The van der Waals surface area contributed by atoms with Gasteiger partial charge in [0.05, 0.1) is 12.7 Å². The van der Waals surface area contributed by atoms with Gasteiger partial charge in [0.25, 0.3) is 5.91 Å². The van der Waals surface area contributed by atoms with Crippen molar-refractivity contribution < 1.29 is 24.2 Å². The molecule has 0 aromatic heterocycles. The van der Waals surface area contributed by atoms with Crippen molar-refractivity contribution in [3.63, 3.8) is 0 Å². The van der Waals surface area contributed by atoms with Crippen LogP contribution in [0.1, 0.15) is 28.8 Å². The third-order valence-electron chi connectivity index (χ3n) is 5.14. The summed E-state index contributed by atoms with van der Waals surface area (Å²) in [6.07, 6.45) is 2.44. The monoisotopic (exact) mass is 383 g/mol. The standard InChI is InChI=1S/C22H25NO5/c1-27-19-8-4-5-9-20(19)28-15-21(24)23-12-10-16(11-13-23)14-17-6-2-3-7-18(17)22(25)26/h2-9,16H,10-15H2,1H3,(H,25,26). The molecule has 0 spiro atoms. The quantitative estimate of drug-likeness (QED) is 0.794. The van der Waals surface area contributed by atoms with Gasteiger partial charge < -0.3 is 19.5 Å². The van der Waals surface area contributed by atoms with Crippen LogP contribution in [0.3, 0.4) is 0 Å². The number of benzene rings is 2. The Hall–Kier alpha value is -3.02. The summed E-state index contributed by atoms with van der Waals surface area (Å²) in [5, 5.41) is 9.32. The van der Waals surface area contributed by atoms with Crippen LogP contribution in [0.2, 0.25) is 0 Å². The van der Waals surface area contributed by atoms with Crippen molar-refractivity contribution in [2.75, 3.05) is 26.8 Å². The van der Waals surface area contributed by atoms with Gasteiger partial charge in [0.1, 0.15) is 0 Å². The van der Waals surface area contributed by atoms with Gasteiger partial charge in [0.15, 0.2) is 18.1 Å². The molecule has 3 rings (SSSR count). The fourth-order valence-electron chi connectivity index (χ4n) is 3.57. The van der Waals surface area contributed by atoms with E-state index < -0.39 is 5.97 Å². The molecule has 6 nitrogen and oxygen atoms in total. The topological polar surface area (TPSA) is 76.1 Å². The third-order valence-corrected chi connectivity index (χ3v) is 5.14. The Balaban J connectivity index is 1.50. The van der Waals surface area contributed by atoms with Gasteiger partial charge in [-0.1, -0.05) is 30.3 Å². The van der Waals surface area contributed by atoms with E-state index in [0.717, 1.165) is 24.8 Å². The molecular weight excluding hydrogens is 358 g/mol. The summed E-state index contributed by atoms with van der Waals surface area (Å²) in [6.45, 7) is 1.30. The highest BCUT2D eigenvalue weighted by atomic mass is 16.5. The van der Waals surface area contributed by atoms with Crippen LogP contribution in [0.4, 0.5) is 0 Å². The second kappa shape index (κ2) is 9.26. The number of amides is 1. The second-order valence-corrected chi connectivity index (χ2v) is 6.93. The highest BCUT2D eigenvalue weighted by molar-refractivity contribution is 5.89. The maximum atomic E-state index is 12.5. The van der Waals surface area contributed by atoms with Crippen molar-refractivity contribution in [3.8, 4) is 11.5 Å². The fourth-order valence-corrected chi connectivity index (χ4v) is 3.57. The van der Waals surface area contributed by atoms with E-state index in [2.05, 4.69) is 0 Å². The number of hydrogen-bond donors (Lipinski definition) is 1. The van der Waals surface area contributed by atoms with Gasteiger partial charge in [0, 0.05) is 13.1 Å². The maximum absolute atomic E-state index is 12.5. The molecule has 2 aromatic rings. The number of carboxylic acids is 1. The number of ether oxygens (including phenoxy) is 2. The van der Waals surface area contributed by atoms with Gasteiger partial charge in [-0.25, -0.2) is 4.79 Å². The Morgan fingerprint density at radius 3 is 2.36 bits per heavy atom. The number of rotatable bonds is 7. The number of nitrogens with zero attached hydrogens (tertiary/aromatic N) is 1. The molecule has 2 aromatic carbocycles. The summed E-state index contributed by atoms with van der Waals surface area (Å²) in [6, 6.07) is 14.4. The van der Waals surface area contributed by atoms with Crippen molar-refractivity contribution in [1.82, 2.24) is 4.90 Å². The van der Waals surface area contributed by atoms with Gasteiger partial charge >= 0.3 is 5.97 Å². The SMILES string of the molecule is COc1ccccc1OCC(=O)N1CCC(Cc2ccccc2C(=O)O)CC1. The van der Waals surface area contributed by atoms with Crippen LogP contribution in [0.25, 0.3) is 0 Å². The lowest BCUT2D eigenvalue weighted by Crippen LogP contribution is -2.41. The van der Waals surface area contributed by atoms with Crippen LogP contribution in [-0.2, 0) is 11.2 Å². The first kappa shape index (κ1) is 19.7. The van der Waals surface area contributed by atoms with Crippen LogP contribution in [0.5, 0.6) is 11.5 Å². The second-order valence-electron chi connectivity index (χ2n) is 6.93. The summed E-state index contributed by atoms with van der Waals surface area (Å²) in [4.78, 5) is 25.6. The summed E-state index contributed by atoms with van der Waals surface area (Å²) in [5.74, 6) is 0.594. The van der Waals surface area contributed by atoms with Crippen LogP contribution in [0, 0.1) is 5.92 Å². The van der Waals surface area contributed by atoms with Crippen molar-refractivity contribution in [3.05, 3.63) is 59.7 Å². The predicted molar refractivity (Wildman–Crippen MR) is 105 cm³/mol. The molecule has 1 fully saturated rings. The number of piperidine rings is 1. The fraction of sp³-hybridized carbons (Fsp3) is 0.364. The summed E-state index contributed by atoms with van der Waals surface area (Å²) < 4.78 is 10.9.